The molecule has 0 aliphatic heterocycles. The lowest BCUT2D eigenvalue weighted by Gasteiger charge is -2.08. The summed E-state index contributed by atoms with van der Waals surface area (Å²) in [6, 6.07) is 6.19. The second kappa shape index (κ2) is 5.19. The Morgan fingerprint density at radius 3 is 2.82 bits per heavy atom. The highest BCUT2D eigenvalue weighted by atomic mass is 32.1. The fourth-order valence-electron chi connectivity index (χ4n) is 1.66. The molecule has 2 aromatic rings. The number of hydrogen-bond acceptors (Lipinski definition) is 4. The summed E-state index contributed by atoms with van der Waals surface area (Å²) in [4.78, 5) is 4.19. The molecular formula is C13H16N2OS. The Bertz CT molecular complexity index is 508. The van der Waals surface area contributed by atoms with Gasteiger partial charge in [0.15, 0.2) is 5.13 Å². The van der Waals surface area contributed by atoms with Crippen LogP contribution in [0.1, 0.15) is 16.8 Å². The fraction of sp³-hybridized carbons (Fsp3) is 0.308. The number of nitrogens with zero attached hydrogens (tertiary/aromatic N) is 1. The Morgan fingerprint density at radius 2 is 2.18 bits per heavy atom. The molecule has 1 aromatic carbocycles. The molecule has 0 saturated carbocycles. The third-order valence-corrected chi connectivity index (χ3v) is 3.24. The second-order valence-electron chi connectivity index (χ2n) is 4.04. The van der Waals surface area contributed by atoms with Crippen LogP contribution in [0.3, 0.4) is 0 Å². The molecule has 0 aliphatic rings. The van der Waals surface area contributed by atoms with E-state index in [9.17, 15) is 0 Å². The maximum absolute atomic E-state index is 5.73. The highest BCUT2D eigenvalue weighted by Gasteiger charge is 2.02. The van der Waals surface area contributed by atoms with E-state index in [1.54, 1.807) is 0 Å². The van der Waals surface area contributed by atoms with E-state index in [2.05, 4.69) is 31.0 Å². The monoisotopic (exact) mass is 248 g/mol. The predicted octanol–water partition coefficient (Wildman–Crippen LogP) is 2.96. The van der Waals surface area contributed by atoms with E-state index in [-0.39, 0.29) is 0 Å². The van der Waals surface area contributed by atoms with Gasteiger partial charge < -0.3 is 10.5 Å². The zero-order valence-corrected chi connectivity index (χ0v) is 10.9. The summed E-state index contributed by atoms with van der Waals surface area (Å²) in [7, 11) is 0. The van der Waals surface area contributed by atoms with Crippen molar-refractivity contribution >= 4 is 16.5 Å². The average molecular weight is 248 g/mol. The molecule has 0 aliphatic carbocycles. The Morgan fingerprint density at radius 1 is 1.35 bits per heavy atom. The number of aryl methyl sites for hydroxylation is 2. The van der Waals surface area contributed by atoms with Crippen molar-refractivity contribution in [3.63, 3.8) is 0 Å². The molecule has 4 heteroatoms. The number of nitrogens with two attached hydrogens (primary N) is 1. The van der Waals surface area contributed by atoms with Crippen molar-refractivity contribution in [3.8, 4) is 5.75 Å². The average Bonchev–Trinajstić information content (AvgIpc) is 2.68. The Hall–Kier alpha value is -1.55. The summed E-state index contributed by atoms with van der Waals surface area (Å²) in [5.74, 6) is 0.943. The summed E-state index contributed by atoms with van der Waals surface area (Å²) in [6.07, 6.45) is 0.793. The van der Waals surface area contributed by atoms with Crippen LogP contribution >= 0.6 is 11.3 Å². The van der Waals surface area contributed by atoms with E-state index in [4.69, 9.17) is 10.5 Å². The van der Waals surface area contributed by atoms with E-state index in [0.717, 1.165) is 17.9 Å². The number of benzene rings is 1. The Kier molecular flexibility index (Phi) is 3.64. The SMILES string of the molecule is Cc1ccc(OCCc2csc(N)n2)c(C)c1. The third kappa shape index (κ3) is 3.20. The van der Waals surface area contributed by atoms with Crippen LogP contribution in [0.25, 0.3) is 0 Å². The molecule has 1 heterocycles. The number of nitrogen functional groups attached to an aromatic ring is 1. The molecule has 90 valence electrons. The molecule has 1 aromatic heterocycles. The highest BCUT2D eigenvalue weighted by molar-refractivity contribution is 7.13. The van der Waals surface area contributed by atoms with Gasteiger partial charge in [-0.2, -0.15) is 0 Å². The number of ether oxygens (including phenoxy) is 1. The van der Waals surface area contributed by atoms with E-state index in [1.807, 2.05) is 11.4 Å². The minimum atomic E-state index is 0.617. The summed E-state index contributed by atoms with van der Waals surface area (Å²) in [5.41, 5.74) is 8.99. The minimum Gasteiger partial charge on any atom is -0.493 e. The summed E-state index contributed by atoms with van der Waals surface area (Å²) in [5, 5.41) is 2.59. The van der Waals surface area contributed by atoms with Crippen LogP contribution in [0.4, 0.5) is 5.13 Å². The van der Waals surface area contributed by atoms with Crippen LogP contribution in [-0.2, 0) is 6.42 Å². The highest BCUT2D eigenvalue weighted by Crippen LogP contribution is 2.19. The maximum atomic E-state index is 5.73. The molecule has 0 bridgehead atoms. The van der Waals surface area contributed by atoms with Gasteiger partial charge in [0.2, 0.25) is 0 Å². The van der Waals surface area contributed by atoms with Gasteiger partial charge in [0.25, 0.3) is 0 Å². The van der Waals surface area contributed by atoms with Gasteiger partial charge >= 0.3 is 0 Å². The van der Waals surface area contributed by atoms with Crippen molar-refractivity contribution in [2.24, 2.45) is 0 Å². The van der Waals surface area contributed by atoms with Gasteiger partial charge in [-0.15, -0.1) is 11.3 Å². The smallest absolute Gasteiger partial charge is 0.180 e. The third-order valence-electron chi connectivity index (χ3n) is 2.52. The molecule has 17 heavy (non-hydrogen) atoms. The minimum absolute atomic E-state index is 0.617. The van der Waals surface area contributed by atoms with E-state index < -0.39 is 0 Å². The first-order valence-electron chi connectivity index (χ1n) is 5.55. The normalized spacial score (nSPS) is 10.5. The van der Waals surface area contributed by atoms with Gasteiger partial charge in [-0.25, -0.2) is 4.98 Å². The van der Waals surface area contributed by atoms with Crippen molar-refractivity contribution < 1.29 is 4.74 Å². The van der Waals surface area contributed by atoms with Crippen molar-refractivity contribution in [2.45, 2.75) is 20.3 Å². The first-order chi connectivity index (χ1) is 8.15. The van der Waals surface area contributed by atoms with Crippen LogP contribution in [0.2, 0.25) is 0 Å². The molecule has 0 unspecified atom stereocenters. The quantitative estimate of drug-likeness (QED) is 0.905. The summed E-state index contributed by atoms with van der Waals surface area (Å²) in [6.45, 7) is 4.77. The van der Waals surface area contributed by atoms with Crippen LogP contribution < -0.4 is 10.5 Å². The largest absolute Gasteiger partial charge is 0.493 e. The van der Waals surface area contributed by atoms with Gasteiger partial charge in [-0.1, -0.05) is 17.7 Å². The maximum Gasteiger partial charge on any atom is 0.180 e. The molecule has 0 atom stereocenters. The molecule has 3 nitrogen and oxygen atoms in total. The zero-order valence-electron chi connectivity index (χ0n) is 10.1. The number of aromatic nitrogens is 1. The molecule has 2 rings (SSSR count). The number of anilines is 1. The summed E-state index contributed by atoms with van der Waals surface area (Å²) >= 11 is 1.47. The van der Waals surface area contributed by atoms with Crippen LogP contribution in [0.5, 0.6) is 5.75 Å². The molecule has 2 N–H and O–H groups in total. The van der Waals surface area contributed by atoms with Crippen molar-refractivity contribution in [2.75, 3.05) is 12.3 Å². The standard InChI is InChI=1S/C13H16N2OS/c1-9-3-4-12(10(2)7-9)16-6-5-11-8-17-13(14)15-11/h3-4,7-8H,5-6H2,1-2H3,(H2,14,15). The predicted molar refractivity (Wildman–Crippen MR) is 71.6 cm³/mol. The zero-order chi connectivity index (χ0) is 12.3. The molecule has 0 radical (unpaired) electrons. The lowest BCUT2D eigenvalue weighted by atomic mass is 10.1. The van der Waals surface area contributed by atoms with Crippen LogP contribution in [0, 0.1) is 13.8 Å². The number of hydrogen-bond donors (Lipinski definition) is 1. The molecule has 0 saturated heterocycles. The van der Waals surface area contributed by atoms with Gasteiger partial charge in [-0.3, -0.25) is 0 Å². The van der Waals surface area contributed by atoms with Crippen molar-refractivity contribution in [3.05, 3.63) is 40.4 Å². The first kappa shape index (κ1) is 11.9. The fourth-order valence-corrected chi connectivity index (χ4v) is 2.26. The second-order valence-corrected chi connectivity index (χ2v) is 4.93. The number of thiazole rings is 1. The lowest BCUT2D eigenvalue weighted by Crippen LogP contribution is -2.03. The molecule has 0 amide bonds. The first-order valence-corrected chi connectivity index (χ1v) is 6.43. The van der Waals surface area contributed by atoms with E-state index in [1.165, 1.54) is 22.5 Å². The van der Waals surface area contributed by atoms with Crippen LogP contribution in [0.15, 0.2) is 23.6 Å². The lowest BCUT2D eigenvalue weighted by molar-refractivity contribution is 0.318. The van der Waals surface area contributed by atoms with Crippen LogP contribution in [-0.4, -0.2) is 11.6 Å². The van der Waals surface area contributed by atoms with Crippen molar-refractivity contribution in [1.29, 1.82) is 0 Å². The van der Waals surface area contributed by atoms with Gasteiger partial charge in [0, 0.05) is 11.8 Å². The molecule has 0 fully saturated rings. The molecular weight excluding hydrogens is 232 g/mol. The van der Waals surface area contributed by atoms with Gasteiger partial charge in [0.05, 0.1) is 12.3 Å². The van der Waals surface area contributed by atoms with Gasteiger partial charge in [-0.05, 0) is 25.5 Å². The van der Waals surface area contributed by atoms with Crippen molar-refractivity contribution in [1.82, 2.24) is 4.98 Å². The van der Waals surface area contributed by atoms with Gasteiger partial charge in [0.1, 0.15) is 5.75 Å². The Balaban J connectivity index is 1.90. The Labute approximate surface area is 105 Å². The topological polar surface area (TPSA) is 48.1 Å². The van der Waals surface area contributed by atoms with E-state index in [0.29, 0.717) is 11.7 Å². The van der Waals surface area contributed by atoms with E-state index >= 15 is 0 Å². The molecule has 0 spiro atoms. The summed E-state index contributed by atoms with van der Waals surface area (Å²) < 4.78 is 5.73. The number of rotatable bonds is 4.